The maximum Gasteiger partial charge on any atom is 0.308 e. The van der Waals surface area contributed by atoms with Gasteiger partial charge in [0.05, 0.1) is 12.2 Å². The van der Waals surface area contributed by atoms with Crippen LogP contribution in [-0.4, -0.2) is 30.1 Å². The second-order valence-electron chi connectivity index (χ2n) is 2.87. The molecule has 0 aromatic rings. The number of nitrogens with zero attached hydrogens (tertiary/aromatic N) is 1. The van der Waals surface area contributed by atoms with Crippen molar-refractivity contribution in [1.29, 1.82) is 5.41 Å². The van der Waals surface area contributed by atoms with Crippen LogP contribution in [0.5, 0.6) is 0 Å². The van der Waals surface area contributed by atoms with Crippen LogP contribution in [-0.2, 0) is 4.74 Å². The van der Waals surface area contributed by atoms with Gasteiger partial charge in [-0.15, -0.1) is 0 Å². The largest absolute Gasteiger partial charge is 0.464 e. The van der Waals surface area contributed by atoms with Crippen molar-refractivity contribution < 1.29 is 9.84 Å². The number of nitrogens with one attached hydrogen (secondary N) is 1. The average molecular weight is 158 g/mol. The van der Waals surface area contributed by atoms with Crippen molar-refractivity contribution in [2.24, 2.45) is 4.99 Å². The highest BCUT2D eigenvalue weighted by atomic mass is 16.5. The fourth-order valence-electron chi connectivity index (χ4n) is 0.443. The summed E-state index contributed by atoms with van der Waals surface area (Å²) >= 11 is 0. The summed E-state index contributed by atoms with van der Waals surface area (Å²) < 4.78 is 4.76. The van der Waals surface area contributed by atoms with E-state index in [9.17, 15) is 5.11 Å². The zero-order chi connectivity index (χ0) is 8.91. The summed E-state index contributed by atoms with van der Waals surface area (Å²) in [5.74, 6) is 0. The third-order valence-electron chi connectivity index (χ3n) is 1.10. The number of ether oxygens (including phenoxy) is 1. The lowest BCUT2D eigenvalue weighted by atomic mass is 10.1. The molecule has 0 unspecified atom stereocenters. The predicted molar refractivity (Wildman–Crippen MR) is 44.1 cm³/mol. The molecular formula is C7H14N2O2. The van der Waals surface area contributed by atoms with E-state index in [1.54, 1.807) is 13.8 Å². The summed E-state index contributed by atoms with van der Waals surface area (Å²) in [6.07, 6.45) is 0.477. The molecule has 0 aliphatic heterocycles. The van der Waals surface area contributed by atoms with Gasteiger partial charge in [0, 0.05) is 6.42 Å². The van der Waals surface area contributed by atoms with Crippen molar-refractivity contribution >= 4 is 12.7 Å². The van der Waals surface area contributed by atoms with Gasteiger partial charge in [-0.2, -0.15) is 0 Å². The standard InChI is InChI=1S/C7H14N2O2/c1-7(2,10)4-5-11-6(8)9-3/h8,10H,3-5H2,1-2H3. The molecule has 0 saturated heterocycles. The molecule has 0 radical (unpaired) electrons. The summed E-state index contributed by atoms with van der Waals surface area (Å²) in [5, 5.41) is 16.1. The Morgan fingerprint density at radius 1 is 1.73 bits per heavy atom. The molecule has 0 atom stereocenters. The van der Waals surface area contributed by atoms with Crippen LogP contribution in [0.4, 0.5) is 0 Å². The highest BCUT2D eigenvalue weighted by Gasteiger charge is 2.11. The molecular weight excluding hydrogens is 144 g/mol. The van der Waals surface area contributed by atoms with Crippen LogP contribution in [0.15, 0.2) is 4.99 Å². The molecule has 0 rings (SSSR count). The van der Waals surface area contributed by atoms with Crippen LogP contribution in [0.1, 0.15) is 20.3 Å². The van der Waals surface area contributed by atoms with Crippen molar-refractivity contribution in [3.05, 3.63) is 0 Å². The zero-order valence-corrected chi connectivity index (χ0v) is 6.92. The Bertz CT molecular complexity index is 149. The van der Waals surface area contributed by atoms with Gasteiger partial charge >= 0.3 is 6.02 Å². The molecule has 0 bridgehead atoms. The number of amidine groups is 1. The Kier molecular flexibility index (Phi) is 3.74. The molecule has 0 amide bonds. The van der Waals surface area contributed by atoms with Gasteiger partial charge in [-0.25, -0.2) is 10.4 Å². The topological polar surface area (TPSA) is 65.7 Å². The quantitative estimate of drug-likeness (QED) is 0.471. The van der Waals surface area contributed by atoms with E-state index < -0.39 is 5.60 Å². The van der Waals surface area contributed by atoms with Gasteiger partial charge in [0.25, 0.3) is 0 Å². The van der Waals surface area contributed by atoms with Crippen LogP contribution in [0, 0.1) is 5.41 Å². The number of hydrogen-bond donors (Lipinski definition) is 2. The second kappa shape index (κ2) is 4.08. The van der Waals surface area contributed by atoms with Crippen LogP contribution >= 0.6 is 0 Å². The lowest BCUT2D eigenvalue weighted by molar-refractivity contribution is 0.0532. The van der Waals surface area contributed by atoms with Crippen molar-refractivity contribution in [2.75, 3.05) is 6.61 Å². The Morgan fingerprint density at radius 2 is 2.27 bits per heavy atom. The fourth-order valence-corrected chi connectivity index (χ4v) is 0.443. The highest BCUT2D eigenvalue weighted by Crippen LogP contribution is 2.06. The van der Waals surface area contributed by atoms with E-state index in [1.165, 1.54) is 0 Å². The third kappa shape index (κ3) is 6.99. The molecule has 11 heavy (non-hydrogen) atoms. The minimum absolute atomic E-state index is 0.200. The first-order valence-electron chi connectivity index (χ1n) is 3.36. The Morgan fingerprint density at radius 3 is 2.64 bits per heavy atom. The Hall–Kier alpha value is -0.900. The molecule has 0 fully saturated rings. The third-order valence-corrected chi connectivity index (χ3v) is 1.10. The van der Waals surface area contributed by atoms with Gasteiger partial charge in [-0.3, -0.25) is 0 Å². The molecule has 0 aromatic heterocycles. The molecule has 0 aliphatic rings. The summed E-state index contributed by atoms with van der Waals surface area (Å²) in [6.45, 7) is 6.77. The van der Waals surface area contributed by atoms with Crippen LogP contribution in [0.3, 0.4) is 0 Å². The van der Waals surface area contributed by atoms with Crippen molar-refractivity contribution in [1.82, 2.24) is 0 Å². The smallest absolute Gasteiger partial charge is 0.308 e. The van der Waals surface area contributed by atoms with Gasteiger partial charge < -0.3 is 9.84 Å². The first-order chi connectivity index (χ1) is 4.95. The highest BCUT2D eigenvalue weighted by molar-refractivity contribution is 5.75. The summed E-state index contributed by atoms with van der Waals surface area (Å²) in [4.78, 5) is 3.24. The predicted octanol–water partition coefficient (Wildman–Crippen LogP) is 0.799. The molecule has 64 valence electrons. The van der Waals surface area contributed by atoms with Crippen LogP contribution in [0.2, 0.25) is 0 Å². The average Bonchev–Trinajstić information content (AvgIpc) is 1.85. The maximum absolute atomic E-state index is 9.21. The maximum atomic E-state index is 9.21. The molecule has 0 spiro atoms. The van der Waals surface area contributed by atoms with E-state index in [0.29, 0.717) is 13.0 Å². The molecule has 4 heteroatoms. The van der Waals surface area contributed by atoms with Crippen molar-refractivity contribution in [3.8, 4) is 0 Å². The van der Waals surface area contributed by atoms with Gasteiger partial charge in [0.15, 0.2) is 0 Å². The minimum Gasteiger partial charge on any atom is -0.464 e. The van der Waals surface area contributed by atoms with Crippen molar-refractivity contribution in [2.45, 2.75) is 25.9 Å². The lowest BCUT2D eigenvalue weighted by Crippen LogP contribution is -2.21. The monoisotopic (exact) mass is 158 g/mol. The Balaban J connectivity index is 3.42. The van der Waals surface area contributed by atoms with E-state index in [2.05, 4.69) is 11.7 Å². The number of aliphatic hydroxyl groups is 1. The number of rotatable bonds is 3. The van der Waals surface area contributed by atoms with Crippen LogP contribution < -0.4 is 0 Å². The van der Waals surface area contributed by atoms with Crippen LogP contribution in [0.25, 0.3) is 0 Å². The number of aliphatic imine (C=N–C) groups is 1. The van der Waals surface area contributed by atoms with E-state index >= 15 is 0 Å². The first-order valence-corrected chi connectivity index (χ1v) is 3.36. The molecule has 0 saturated carbocycles. The van der Waals surface area contributed by atoms with E-state index in [0.717, 1.165) is 0 Å². The van der Waals surface area contributed by atoms with Crippen molar-refractivity contribution in [3.63, 3.8) is 0 Å². The lowest BCUT2D eigenvalue weighted by Gasteiger charge is -2.16. The van der Waals surface area contributed by atoms with Gasteiger partial charge in [0.2, 0.25) is 0 Å². The normalized spacial score (nSPS) is 10.8. The summed E-state index contributed by atoms with van der Waals surface area (Å²) in [6, 6.07) is -0.200. The molecule has 2 N–H and O–H groups in total. The first kappa shape index (κ1) is 10.1. The van der Waals surface area contributed by atoms with Gasteiger partial charge in [0.1, 0.15) is 0 Å². The minimum atomic E-state index is -0.749. The van der Waals surface area contributed by atoms with E-state index in [4.69, 9.17) is 10.1 Å². The van der Waals surface area contributed by atoms with Gasteiger partial charge in [-0.1, -0.05) is 0 Å². The summed E-state index contributed by atoms with van der Waals surface area (Å²) in [7, 11) is 0. The fraction of sp³-hybridized carbons (Fsp3) is 0.714. The van der Waals surface area contributed by atoms with Gasteiger partial charge in [-0.05, 0) is 20.6 Å². The Labute approximate surface area is 66.4 Å². The van der Waals surface area contributed by atoms with E-state index in [1.807, 2.05) is 0 Å². The molecule has 0 aromatic carbocycles. The summed E-state index contributed by atoms with van der Waals surface area (Å²) in [5.41, 5.74) is -0.749. The second-order valence-corrected chi connectivity index (χ2v) is 2.87. The molecule has 4 nitrogen and oxygen atoms in total. The SMILES string of the molecule is C=NC(=N)OCCC(C)(C)O. The van der Waals surface area contributed by atoms with E-state index in [-0.39, 0.29) is 6.02 Å². The molecule has 0 heterocycles. The number of hydrogen-bond acceptors (Lipinski definition) is 3. The zero-order valence-electron chi connectivity index (χ0n) is 6.92. The molecule has 0 aliphatic carbocycles.